The number of nitrogens with zero attached hydrogens (tertiary/aromatic N) is 2. The van der Waals surface area contributed by atoms with Gasteiger partial charge in [-0.15, -0.1) is 0 Å². The van der Waals surface area contributed by atoms with Crippen molar-refractivity contribution in [2.75, 3.05) is 19.3 Å². The third-order valence-corrected chi connectivity index (χ3v) is 5.12. The quantitative estimate of drug-likeness (QED) is 0.642. The molecule has 1 N–H and O–H groups in total. The lowest BCUT2D eigenvalue weighted by Gasteiger charge is -2.29. The first-order chi connectivity index (χ1) is 11.6. The van der Waals surface area contributed by atoms with Crippen LogP contribution in [0.2, 0.25) is 0 Å². The van der Waals surface area contributed by atoms with Gasteiger partial charge in [-0.1, -0.05) is 12.1 Å². The highest BCUT2D eigenvalue weighted by atomic mass is 32.2. The van der Waals surface area contributed by atoms with Gasteiger partial charge in [0.2, 0.25) is 15.9 Å². The van der Waals surface area contributed by atoms with E-state index in [4.69, 9.17) is 0 Å². The summed E-state index contributed by atoms with van der Waals surface area (Å²) in [5.41, 5.74) is 1.94. The Bertz CT molecular complexity index is 746. The molecule has 1 aliphatic heterocycles. The number of carbonyl (C=O) groups excluding carboxylic acids is 1. The minimum absolute atomic E-state index is 0.0977. The summed E-state index contributed by atoms with van der Waals surface area (Å²) < 4.78 is 61.7. The van der Waals surface area contributed by atoms with Crippen molar-refractivity contribution >= 4 is 22.1 Å². The lowest BCUT2D eigenvalue weighted by atomic mass is 9.99. The fraction of sp³-hybridized carbons (Fsp3) is 0.467. The SMILES string of the molecule is CS(=O)(=O)N1CCC[C@H](C(=O)N/N=C\c2ccc(C(F)(F)F)cc2)C1. The molecule has 6 nitrogen and oxygen atoms in total. The van der Waals surface area contributed by atoms with Crippen LogP contribution in [0.15, 0.2) is 29.4 Å². The van der Waals surface area contributed by atoms with Gasteiger partial charge in [0.25, 0.3) is 0 Å². The first-order valence-electron chi connectivity index (χ1n) is 7.52. The summed E-state index contributed by atoms with van der Waals surface area (Å²) in [6.45, 7) is 0.484. The molecule has 1 aromatic rings. The Hall–Kier alpha value is -1.94. The molecule has 1 aromatic carbocycles. The van der Waals surface area contributed by atoms with Crippen LogP contribution in [0.4, 0.5) is 13.2 Å². The molecule has 0 aliphatic carbocycles. The molecule has 2 rings (SSSR count). The lowest BCUT2D eigenvalue weighted by molar-refractivity contribution is -0.137. The Morgan fingerprint density at radius 3 is 2.52 bits per heavy atom. The van der Waals surface area contributed by atoms with Gasteiger partial charge in [0, 0.05) is 13.1 Å². The third kappa shape index (κ3) is 5.53. The van der Waals surface area contributed by atoms with E-state index in [-0.39, 0.29) is 6.54 Å². The van der Waals surface area contributed by atoms with Crippen molar-refractivity contribution in [1.82, 2.24) is 9.73 Å². The van der Waals surface area contributed by atoms with E-state index in [1.807, 2.05) is 0 Å². The Balaban J connectivity index is 1.92. The molecule has 0 bridgehead atoms. The van der Waals surface area contributed by atoms with Crippen LogP contribution >= 0.6 is 0 Å². The summed E-state index contributed by atoms with van der Waals surface area (Å²) in [5, 5.41) is 3.72. The Labute approximate surface area is 143 Å². The number of amides is 1. The van der Waals surface area contributed by atoms with Gasteiger partial charge in [-0.2, -0.15) is 18.3 Å². The van der Waals surface area contributed by atoms with Crippen molar-refractivity contribution in [3.05, 3.63) is 35.4 Å². The molecular formula is C15H18F3N3O3S. The summed E-state index contributed by atoms with van der Waals surface area (Å²) in [6, 6.07) is 4.33. The first kappa shape index (κ1) is 19.4. The van der Waals surface area contributed by atoms with E-state index >= 15 is 0 Å². The molecule has 0 radical (unpaired) electrons. The molecule has 0 spiro atoms. The predicted octanol–water partition coefficient (Wildman–Crippen LogP) is 1.83. The number of piperidine rings is 1. The van der Waals surface area contributed by atoms with Crippen LogP contribution < -0.4 is 5.43 Å². The molecule has 0 saturated carbocycles. The number of benzene rings is 1. The molecule has 0 unspecified atom stereocenters. The zero-order valence-electron chi connectivity index (χ0n) is 13.5. The van der Waals surface area contributed by atoms with E-state index in [9.17, 15) is 26.4 Å². The molecule has 25 heavy (non-hydrogen) atoms. The van der Waals surface area contributed by atoms with Gasteiger partial charge in [0.15, 0.2) is 0 Å². The van der Waals surface area contributed by atoms with Crippen LogP contribution in [0, 0.1) is 5.92 Å². The Morgan fingerprint density at radius 2 is 1.96 bits per heavy atom. The van der Waals surface area contributed by atoms with Crippen molar-refractivity contribution in [1.29, 1.82) is 0 Å². The number of sulfonamides is 1. The van der Waals surface area contributed by atoms with E-state index in [0.717, 1.165) is 18.4 Å². The average Bonchev–Trinajstić information content (AvgIpc) is 2.54. The fourth-order valence-corrected chi connectivity index (χ4v) is 3.39. The van der Waals surface area contributed by atoms with Gasteiger partial charge < -0.3 is 0 Å². The number of hydrogen-bond acceptors (Lipinski definition) is 4. The number of rotatable bonds is 4. The van der Waals surface area contributed by atoms with Crippen molar-refractivity contribution in [3.8, 4) is 0 Å². The standard InChI is InChI=1S/C15H18F3N3O3S/c1-25(23,24)21-8-2-3-12(10-21)14(22)20-19-9-11-4-6-13(7-5-11)15(16,17)18/h4-7,9,12H,2-3,8,10H2,1H3,(H,20,22)/b19-9-/t12-/m0/s1. The highest BCUT2D eigenvalue weighted by Crippen LogP contribution is 2.28. The van der Waals surface area contributed by atoms with Gasteiger partial charge in [-0.05, 0) is 30.5 Å². The van der Waals surface area contributed by atoms with Gasteiger partial charge in [0.1, 0.15) is 0 Å². The first-order valence-corrected chi connectivity index (χ1v) is 9.37. The largest absolute Gasteiger partial charge is 0.416 e. The summed E-state index contributed by atoms with van der Waals surface area (Å²) >= 11 is 0. The molecule has 10 heteroatoms. The number of alkyl halides is 3. The third-order valence-electron chi connectivity index (χ3n) is 3.85. The van der Waals surface area contributed by atoms with Crippen LogP contribution in [-0.4, -0.2) is 44.2 Å². The normalized spacial score (nSPS) is 19.9. The van der Waals surface area contributed by atoms with Crippen LogP contribution in [-0.2, 0) is 21.0 Å². The van der Waals surface area contributed by atoms with Crippen LogP contribution in [0.1, 0.15) is 24.0 Å². The number of carbonyl (C=O) groups is 1. The minimum Gasteiger partial charge on any atom is -0.273 e. The molecule has 1 atom stereocenters. The van der Waals surface area contributed by atoms with Gasteiger partial charge in [-0.25, -0.2) is 18.1 Å². The van der Waals surface area contributed by atoms with Crippen molar-refractivity contribution < 1.29 is 26.4 Å². The molecule has 1 aliphatic rings. The summed E-state index contributed by atoms with van der Waals surface area (Å²) in [5.74, 6) is -0.926. The van der Waals surface area contributed by atoms with Gasteiger partial charge in [0.05, 0.1) is 24.0 Å². The van der Waals surface area contributed by atoms with Crippen molar-refractivity contribution in [2.45, 2.75) is 19.0 Å². The summed E-state index contributed by atoms with van der Waals surface area (Å²) in [4.78, 5) is 12.1. The maximum absolute atomic E-state index is 12.5. The second-order valence-corrected chi connectivity index (χ2v) is 7.80. The fourth-order valence-electron chi connectivity index (χ4n) is 2.48. The van der Waals surface area contributed by atoms with Crippen LogP contribution in [0.25, 0.3) is 0 Å². The zero-order valence-corrected chi connectivity index (χ0v) is 14.3. The van der Waals surface area contributed by atoms with Crippen LogP contribution in [0.5, 0.6) is 0 Å². The van der Waals surface area contributed by atoms with E-state index in [2.05, 4.69) is 10.5 Å². The van der Waals surface area contributed by atoms with Gasteiger partial charge >= 0.3 is 6.18 Å². The molecule has 138 valence electrons. The molecule has 1 amide bonds. The predicted molar refractivity (Wildman–Crippen MR) is 86.3 cm³/mol. The highest BCUT2D eigenvalue weighted by molar-refractivity contribution is 7.88. The molecule has 1 heterocycles. The number of halogens is 3. The molecular weight excluding hydrogens is 359 g/mol. The number of hydrazone groups is 1. The maximum Gasteiger partial charge on any atom is 0.416 e. The lowest BCUT2D eigenvalue weighted by Crippen LogP contribution is -2.44. The smallest absolute Gasteiger partial charge is 0.273 e. The van der Waals surface area contributed by atoms with Crippen molar-refractivity contribution in [2.24, 2.45) is 11.0 Å². The minimum atomic E-state index is -4.41. The number of hydrogen-bond donors (Lipinski definition) is 1. The van der Waals surface area contributed by atoms with E-state index in [0.29, 0.717) is 24.9 Å². The topological polar surface area (TPSA) is 78.8 Å². The van der Waals surface area contributed by atoms with E-state index < -0.39 is 33.6 Å². The second kappa shape index (κ2) is 7.52. The zero-order chi connectivity index (χ0) is 18.7. The van der Waals surface area contributed by atoms with Crippen LogP contribution in [0.3, 0.4) is 0 Å². The van der Waals surface area contributed by atoms with Crippen molar-refractivity contribution in [3.63, 3.8) is 0 Å². The summed E-state index contributed by atoms with van der Waals surface area (Å²) in [6.07, 6.45) is -0.955. The Morgan fingerprint density at radius 1 is 1.32 bits per heavy atom. The number of nitrogens with one attached hydrogen (secondary N) is 1. The highest BCUT2D eigenvalue weighted by Gasteiger charge is 2.30. The van der Waals surface area contributed by atoms with E-state index in [1.54, 1.807) is 0 Å². The average molecular weight is 377 g/mol. The monoisotopic (exact) mass is 377 g/mol. The molecule has 0 aromatic heterocycles. The van der Waals surface area contributed by atoms with Gasteiger partial charge in [-0.3, -0.25) is 4.79 Å². The molecule has 1 saturated heterocycles. The molecule has 1 fully saturated rings. The maximum atomic E-state index is 12.5. The Kier molecular flexibility index (Phi) is 5.83. The van der Waals surface area contributed by atoms with E-state index in [1.165, 1.54) is 22.7 Å². The second-order valence-electron chi connectivity index (χ2n) is 5.81. The summed E-state index contributed by atoms with van der Waals surface area (Å²) in [7, 11) is -3.35.